The van der Waals surface area contributed by atoms with Gasteiger partial charge in [-0.05, 0) is 18.8 Å². The molecular formula is C9H18S. The Hall–Kier alpha value is 0.350. The van der Waals surface area contributed by atoms with Gasteiger partial charge < -0.3 is 0 Å². The Morgan fingerprint density at radius 2 is 1.60 bits per heavy atom. The van der Waals surface area contributed by atoms with E-state index >= 15 is 0 Å². The summed E-state index contributed by atoms with van der Waals surface area (Å²) < 4.78 is 0.373. The maximum Gasteiger partial charge on any atom is 0.0152 e. The van der Waals surface area contributed by atoms with E-state index in [0.717, 1.165) is 5.92 Å². The van der Waals surface area contributed by atoms with Crippen LogP contribution in [0.15, 0.2) is 0 Å². The van der Waals surface area contributed by atoms with Crippen molar-refractivity contribution in [3.8, 4) is 0 Å². The first-order valence-corrected chi connectivity index (χ1v) is 4.82. The molecule has 1 rings (SSSR count). The van der Waals surface area contributed by atoms with Crippen LogP contribution >= 0.6 is 12.6 Å². The molecular weight excluding hydrogens is 140 g/mol. The van der Waals surface area contributed by atoms with Crippen molar-refractivity contribution in [2.24, 2.45) is 5.92 Å². The third-order valence-corrected chi connectivity index (χ3v) is 3.76. The van der Waals surface area contributed by atoms with Crippen molar-refractivity contribution in [2.45, 2.75) is 50.7 Å². The Bertz CT molecular complexity index is 101. The molecule has 0 nitrogen and oxygen atoms in total. The lowest BCUT2D eigenvalue weighted by Crippen LogP contribution is -2.30. The Labute approximate surface area is 69.8 Å². The van der Waals surface area contributed by atoms with Gasteiger partial charge in [-0.1, -0.05) is 33.1 Å². The summed E-state index contributed by atoms with van der Waals surface area (Å²) in [7, 11) is 0. The van der Waals surface area contributed by atoms with Gasteiger partial charge in [-0.15, -0.1) is 0 Å². The summed E-state index contributed by atoms with van der Waals surface area (Å²) in [6.45, 7) is 4.58. The minimum atomic E-state index is 0.373. The number of thiol groups is 1. The summed E-state index contributed by atoms with van der Waals surface area (Å²) in [5.74, 6) is 0.746. The van der Waals surface area contributed by atoms with Crippen LogP contribution < -0.4 is 0 Å². The molecule has 0 aromatic heterocycles. The van der Waals surface area contributed by atoms with Crippen molar-refractivity contribution in [1.82, 2.24) is 0 Å². The maximum atomic E-state index is 4.74. The predicted molar refractivity (Wildman–Crippen MR) is 49.6 cm³/mol. The zero-order chi connectivity index (χ0) is 7.61. The highest BCUT2D eigenvalue weighted by Crippen LogP contribution is 2.39. The van der Waals surface area contributed by atoms with Crippen LogP contribution in [0.5, 0.6) is 0 Å². The number of hydrogen-bond acceptors (Lipinski definition) is 1. The monoisotopic (exact) mass is 158 g/mol. The molecule has 60 valence electrons. The quantitative estimate of drug-likeness (QED) is 0.556. The van der Waals surface area contributed by atoms with Gasteiger partial charge in [0.15, 0.2) is 0 Å². The molecule has 1 heteroatoms. The van der Waals surface area contributed by atoms with Gasteiger partial charge in [-0.25, -0.2) is 0 Å². The molecule has 1 aliphatic rings. The Balaban J connectivity index is 2.48. The second-order valence-corrected chi connectivity index (χ2v) is 4.71. The summed E-state index contributed by atoms with van der Waals surface area (Å²) >= 11 is 4.74. The van der Waals surface area contributed by atoms with E-state index in [9.17, 15) is 0 Å². The molecule has 0 aliphatic heterocycles. The first-order chi connectivity index (χ1) is 4.65. The van der Waals surface area contributed by atoms with E-state index in [1.807, 2.05) is 0 Å². The van der Waals surface area contributed by atoms with Crippen LogP contribution in [0.3, 0.4) is 0 Å². The van der Waals surface area contributed by atoms with Gasteiger partial charge in [0.05, 0.1) is 0 Å². The molecule has 0 heterocycles. The lowest BCUT2D eigenvalue weighted by Gasteiger charge is -2.36. The van der Waals surface area contributed by atoms with Crippen molar-refractivity contribution in [2.75, 3.05) is 0 Å². The first kappa shape index (κ1) is 8.45. The number of hydrogen-bond donors (Lipinski definition) is 1. The number of rotatable bonds is 1. The minimum absolute atomic E-state index is 0.373. The smallest absolute Gasteiger partial charge is 0.0152 e. The predicted octanol–water partition coefficient (Wildman–Crippen LogP) is 3.28. The Morgan fingerprint density at radius 1 is 1.10 bits per heavy atom. The fourth-order valence-electron chi connectivity index (χ4n) is 1.74. The third kappa shape index (κ3) is 1.69. The van der Waals surface area contributed by atoms with Gasteiger partial charge in [0, 0.05) is 4.75 Å². The van der Waals surface area contributed by atoms with E-state index in [-0.39, 0.29) is 0 Å². The zero-order valence-corrected chi connectivity index (χ0v) is 7.95. The van der Waals surface area contributed by atoms with Gasteiger partial charge in [-0.2, -0.15) is 12.6 Å². The molecule has 0 aromatic carbocycles. The van der Waals surface area contributed by atoms with Crippen LogP contribution in [0.1, 0.15) is 46.0 Å². The summed E-state index contributed by atoms with van der Waals surface area (Å²) in [6, 6.07) is 0. The van der Waals surface area contributed by atoms with E-state index in [4.69, 9.17) is 12.6 Å². The van der Waals surface area contributed by atoms with Crippen molar-refractivity contribution in [1.29, 1.82) is 0 Å². The van der Waals surface area contributed by atoms with Crippen molar-refractivity contribution < 1.29 is 0 Å². The van der Waals surface area contributed by atoms with Gasteiger partial charge in [0.2, 0.25) is 0 Å². The summed E-state index contributed by atoms with van der Waals surface area (Å²) in [5, 5.41) is 0. The lowest BCUT2D eigenvalue weighted by atomic mass is 9.81. The Morgan fingerprint density at radius 3 is 1.90 bits per heavy atom. The van der Waals surface area contributed by atoms with Crippen molar-refractivity contribution >= 4 is 12.6 Å². The fourth-order valence-corrected chi connectivity index (χ4v) is 2.06. The molecule has 0 saturated heterocycles. The van der Waals surface area contributed by atoms with Crippen LogP contribution in [-0.4, -0.2) is 4.75 Å². The second kappa shape index (κ2) is 3.17. The lowest BCUT2D eigenvalue weighted by molar-refractivity contribution is 0.322. The van der Waals surface area contributed by atoms with Crippen LogP contribution in [0.4, 0.5) is 0 Å². The highest BCUT2D eigenvalue weighted by molar-refractivity contribution is 7.81. The highest BCUT2D eigenvalue weighted by atomic mass is 32.1. The molecule has 0 radical (unpaired) electrons. The van der Waals surface area contributed by atoms with E-state index < -0.39 is 0 Å². The molecule has 0 spiro atoms. The average Bonchev–Trinajstić information content (AvgIpc) is 1.89. The summed E-state index contributed by atoms with van der Waals surface area (Å²) in [4.78, 5) is 0. The molecule has 0 unspecified atom stereocenters. The van der Waals surface area contributed by atoms with Crippen LogP contribution in [0, 0.1) is 5.92 Å². The van der Waals surface area contributed by atoms with Gasteiger partial charge >= 0.3 is 0 Å². The van der Waals surface area contributed by atoms with E-state index in [1.54, 1.807) is 0 Å². The largest absolute Gasteiger partial charge is 0.172 e. The van der Waals surface area contributed by atoms with Gasteiger partial charge in [0.1, 0.15) is 0 Å². The fraction of sp³-hybridized carbons (Fsp3) is 1.00. The molecule has 1 saturated carbocycles. The maximum absolute atomic E-state index is 4.74. The van der Waals surface area contributed by atoms with Gasteiger partial charge in [0.25, 0.3) is 0 Å². The first-order valence-electron chi connectivity index (χ1n) is 4.37. The topological polar surface area (TPSA) is 0 Å². The summed E-state index contributed by atoms with van der Waals surface area (Å²) in [6.07, 6.45) is 6.86. The molecule has 10 heavy (non-hydrogen) atoms. The van der Waals surface area contributed by atoms with Crippen LogP contribution in [-0.2, 0) is 0 Å². The molecule has 0 atom stereocenters. The molecule has 0 bridgehead atoms. The Kier molecular flexibility index (Phi) is 2.67. The highest BCUT2D eigenvalue weighted by Gasteiger charge is 2.30. The van der Waals surface area contributed by atoms with Crippen LogP contribution in [0.2, 0.25) is 0 Å². The van der Waals surface area contributed by atoms with Gasteiger partial charge in [-0.3, -0.25) is 0 Å². The molecule has 1 fully saturated rings. The third-order valence-electron chi connectivity index (χ3n) is 2.79. The average molecular weight is 158 g/mol. The SMILES string of the molecule is CC(C)C1(S)CCCCC1. The van der Waals surface area contributed by atoms with E-state index in [2.05, 4.69) is 13.8 Å². The molecule has 0 N–H and O–H groups in total. The molecule has 0 aromatic rings. The van der Waals surface area contributed by atoms with E-state index in [1.165, 1.54) is 32.1 Å². The van der Waals surface area contributed by atoms with E-state index in [0.29, 0.717) is 4.75 Å². The molecule has 0 amide bonds. The summed E-state index contributed by atoms with van der Waals surface area (Å²) in [5.41, 5.74) is 0. The van der Waals surface area contributed by atoms with Crippen molar-refractivity contribution in [3.05, 3.63) is 0 Å². The van der Waals surface area contributed by atoms with Crippen LogP contribution in [0.25, 0.3) is 0 Å². The molecule has 1 aliphatic carbocycles. The second-order valence-electron chi connectivity index (χ2n) is 3.82. The van der Waals surface area contributed by atoms with Crippen molar-refractivity contribution in [3.63, 3.8) is 0 Å². The minimum Gasteiger partial charge on any atom is -0.172 e. The zero-order valence-electron chi connectivity index (χ0n) is 7.06. The standard InChI is InChI=1S/C9H18S/c1-8(2)9(10)6-4-3-5-7-9/h8,10H,3-7H2,1-2H3. The normalized spacial score (nSPS) is 25.2.